The first-order valence-electron chi connectivity index (χ1n) is 8.70. The van der Waals surface area contributed by atoms with Gasteiger partial charge in [0.1, 0.15) is 0 Å². The van der Waals surface area contributed by atoms with Gasteiger partial charge in [0.25, 0.3) is 5.91 Å². The van der Waals surface area contributed by atoms with Gasteiger partial charge in [0, 0.05) is 51.1 Å². The number of rotatable bonds is 6. The quantitative estimate of drug-likeness (QED) is 0.538. The van der Waals surface area contributed by atoms with E-state index in [0.29, 0.717) is 12.1 Å². The van der Waals surface area contributed by atoms with Crippen LogP contribution in [-0.2, 0) is 20.0 Å². The van der Waals surface area contributed by atoms with Crippen LogP contribution in [0.2, 0.25) is 0 Å². The fourth-order valence-corrected chi connectivity index (χ4v) is 2.80. The largest absolute Gasteiger partial charge is 0.356 e. The summed E-state index contributed by atoms with van der Waals surface area (Å²) in [7, 11) is 5.34. The van der Waals surface area contributed by atoms with E-state index in [4.69, 9.17) is 0 Å². The first-order chi connectivity index (χ1) is 12.5. The molecule has 3 N–H and O–H groups in total. The minimum atomic E-state index is -0.0699. The van der Waals surface area contributed by atoms with Crippen LogP contribution in [0.25, 0.3) is 0 Å². The molecule has 26 heavy (non-hydrogen) atoms. The molecule has 140 valence electrons. The van der Waals surface area contributed by atoms with Crippen LogP contribution < -0.4 is 16.0 Å². The highest BCUT2D eigenvalue weighted by atomic mass is 16.1. The molecule has 0 spiro atoms. The summed E-state index contributed by atoms with van der Waals surface area (Å²) in [6, 6.07) is 7.65. The Kier molecular flexibility index (Phi) is 6.77. The number of nitrogens with one attached hydrogen (secondary N) is 3. The van der Waals surface area contributed by atoms with Crippen molar-refractivity contribution in [1.82, 2.24) is 25.7 Å². The average Bonchev–Trinajstić information content (AvgIpc) is 2.89. The van der Waals surface area contributed by atoms with E-state index in [-0.39, 0.29) is 5.91 Å². The lowest BCUT2D eigenvalue weighted by molar-refractivity contribution is 0.0963. The van der Waals surface area contributed by atoms with Crippen LogP contribution in [0.4, 0.5) is 0 Å². The van der Waals surface area contributed by atoms with Crippen LogP contribution >= 0.6 is 0 Å². The number of aromatic nitrogens is 2. The number of benzene rings is 1. The number of nitrogens with zero attached hydrogens (tertiary/aromatic N) is 3. The Bertz CT molecular complexity index is 793. The van der Waals surface area contributed by atoms with Gasteiger partial charge in [-0.15, -0.1) is 0 Å². The molecule has 0 atom stereocenters. The molecule has 2 rings (SSSR count). The highest BCUT2D eigenvalue weighted by Crippen LogP contribution is 2.11. The molecule has 1 aromatic carbocycles. The number of aryl methyl sites for hydroxylation is 2. The monoisotopic (exact) mass is 356 g/mol. The lowest BCUT2D eigenvalue weighted by Crippen LogP contribution is -2.38. The Balaban J connectivity index is 1.87. The minimum Gasteiger partial charge on any atom is -0.356 e. The maximum absolute atomic E-state index is 11.7. The van der Waals surface area contributed by atoms with Crippen molar-refractivity contribution in [3.8, 4) is 0 Å². The number of hydrogen-bond acceptors (Lipinski definition) is 3. The predicted octanol–water partition coefficient (Wildman–Crippen LogP) is 1.30. The van der Waals surface area contributed by atoms with Gasteiger partial charge in [-0.2, -0.15) is 5.10 Å². The number of hydrogen-bond donors (Lipinski definition) is 3. The molecule has 0 bridgehead atoms. The van der Waals surface area contributed by atoms with Crippen molar-refractivity contribution in [1.29, 1.82) is 0 Å². The Labute approximate surface area is 154 Å². The summed E-state index contributed by atoms with van der Waals surface area (Å²) < 4.78 is 1.89. The van der Waals surface area contributed by atoms with Crippen molar-refractivity contribution in [2.75, 3.05) is 20.6 Å². The van der Waals surface area contributed by atoms with Gasteiger partial charge >= 0.3 is 0 Å². The van der Waals surface area contributed by atoms with Crippen molar-refractivity contribution in [3.05, 3.63) is 52.3 Å². The van der Waals surface area contributed by atoms with E-state index in [1.807, 2.05) is 42.9 Å². The zero-order chi connectivity index (χ0) is 19.1. The second-order valence-corrected chi connectivity index (χ2v) is 6.16. The van der Waals surface area contributed by atoms with E-state index in [1.165, 1.54) is 5.56 Å². The van der Waals surface area contributed by atoms with E-state index in [1.54, 1.807) is 14.1 Å². The number of carbonyl (C=O) groups is 1. The first-order valence-corrected chi connectivity index (χ1v) is 8.70. The third kappa shape index (κ3) is 4.84. The number of amides is 1. The van der Waals surface area contributed by atoms with Crippen LogP contribution in [-0.4, -0.2) is 42.3 Å². The summed E-state index contributed by atoms with van der Waals surface area (Å²) in [6.45, 7) is 5.48. The SMILES string of the molecule is CN=C(NCCc1cccc(C(=O)NC)c1)NCc1c(C)nn(C)c1C. The van der Waals surface area contributed by atoms with Crippen LogP contribution in [0.15, 0.2) is 29.3 Å². The van der Waals surface area contributed by atoms with Gasteiger partial charge in [-0.1, -0.05) is 12.1 Å². The van der Waals surface area contributed by atoms with E-state index in [0.717, 1.165) is 35.9 Å². The number of guanidine groups is 1. The Hall–Kier alpha value is -2.83. The molecule has 1 amide bonds. The topological polar surface area (TPSA) is 83.3 Å². The third-order valence-electron chi connectivity index (χ3n) is 4.44. The fraction of sp³-hybridized carbons (Fsp3) is 0.421. The van der Waals surface area contributed by atoms with E-state index < -0.39 is 0 Å². The summed E-state index contributed by atoms with van der Waals surface area (Å²) in [4.78, 5) is 16.0. The molecule has 0 aliphatic rings. The Morgan fingerprint density at radius 3 is 2.65 bits per heavy atom. The van der Waals surface area contributed by atoms with E-state index >= 15 is 0 Å². The van der Waals surface area contributed by atoms with Crippen molar-refractivity contribution < 1.29 is 4.79 Å². The van der Waals surface area contributed by atoms with Crippen molar-refractivity contribution in [2.45, 2.75) is 26.8 Å². The normalized spacial score (nSPS) is 11.3. The smallest absolute Gasteiger partial charge is 0.251 e. The van der Waals surface area contributed by atoms with Crippen LogP contribution in [0.1, 0.15) is 32.9 Å². The fourth-order valence-electron chi connectivity index (χ4n) is 2.80. The van der Waals surface area contributed by atoms with E-state index in [9.17, 15) is 4.79 Å². The second-order valence-electron chi connectivity index (χ2n) is 6.16. The average molecular weight is 356 g/mol. The standard InChI is InChI=1S/C19H28N6O/c1-13-17(14(2)25(5)24-13)12-23-19(21-4)22-10-9-15-7-6-8-16(11-15)18(26)20-3/h6-8,11H,9-10,12H2,1-5H3,(H,20,26)(H2,21,22,23). The molecule has 0 aliphatic heterocycles. The minimum absolute atomic E-state index is 0.0699. The molecule has 7 nitrogen and oxygen atoms in total. The maximum atomic E-state index is 11.7. The van der Waals surface area contributed by atoms with Gasteiger partial charge in [-0.3, -0.25) is 14.5 Å². The zero-order valence-corrected chi connectivity index (χ0v) is 16.2. The molecular weight excluding hydrogens is 328 g/mol. The van der Waals surface area contributed by atoms with Gasteiger partial charge < -0.3 is 16.0 Å². The Morgan fingerprint density at radius 2 is 2.04 bits per heavy atom. The summed E-state index contributed by atoms with van der Waals surface area (Å²) in [6.07, 6.45) is 0.802. The van der Waals surface area contributed by atoms with Crippen LogP contribution in [0.5, 0.6) is 0 Å². The van der Waals surface area contributed by atoms with Gasteiger partial charge in [0.15, 0.2) is 5.96 Å². The third-order valence-corrected chi connectivity index (χ3v) is 4.44. The molecule has 0 unspecified atom stereocenters. The molecule has 0 saturated carbocycles. The van der Waals surface area contributed by atoms with Gasteiger partial charge in [0.05, 0.1) is 5.69 Å². The van der Waals surface area contributed by atoms with Crippen molar-refractivity contribution in [2.24, 2.45) is 12.0 Å². The molecule has 0 aliphatic carbocycles. The lowest BCUT2D eigenvalue weighted by atomic mass is 10.1. The maximum Gasteiger partial charge on any atom is 0.251 e. The number of carbonyl (C=O) groups excluding carboxylic acids is 1. The Morgan fingerprint density at radius 1 is 1.27 bits per heavy atom. The highest BCUT2D eigenvalue weighted by Gasteiger charge is 2.09. The summed E-state index contributed by atoms with van der Waals surface area (Å²) in [5.74, 6) is 0.676. The molecule has 1 aromatic heterocycles. The molecule has 2 aromatic rings. The summed E-state index contributed by atoms with van der Waals surface area (Å²) >= 11 is 0. The first kappa shape index (κ1) is 19.5. The molecule has 0 saturated heterocycles. The van der Waals surface area contributed by atoms with Gasteiger partial charge in [-0.05, 0) is 38.0 Å². The summed E-state index contributed by atoms with van der Waals surface area (Å²) in [5, 5.41) is 13.7. The molecule has 0 radical (unpaired) electrons. The molecule has 1 heterocycles. The molecular formula is C19H28N6O. The molecule has 7 heteroatoms. The highest BCUT2D eigenvalue weighted by molar-refractivity contribution is 5.94. The van der Waals surface area contributed by atoms with Crippen molar-refractivity contribution >= 4 is 11.9 Å². The van der Waals surface area contributed by atoms with Crippen LogP contribution in [0.3, 0.4) is 0 Å². The zero-order valence-electron chi connectivity index (χ0n) is 16.2. The van der Waals surface area contributed by atoms with Crippen molar-refractivity contribution in [3.63, 3.8) is 0 Å². The van der Waals surface area contributed by atoms with Gasteiger partial charge in [0.2, 0.25) is 0 Å². The second kappa shape index (κ2) is 9.03. The van der Waals surface area contributed by atoms with Crippen LogP contribution in [0, 0.1) is 13.8 Å². The van der Waals surface area contributed by atoms with Gasteiger partial charge in [-0.25, -0.2) is 0 Å². The summed E-state index contributed by atoms with van der Waals surface area (Å²) in [5.41, 5.74) is 5.15. The number of aliphatic imine (C=N–C) groups is 1. The molecule has 0 fully saturated rings. The van der Waals surface area contributed by atoms with E-state index in [2.05, 4.69) is 33.0 Å². The lowest BCUT2D eigenvalue weighted by Gasteiger charge is -2.12. The predicted molar refractivity (Wildman–Crippen MR) is 104 cm³/mol.